The summed E-state index contributed by atoms with van der Waals surface area (Å²) in [4.78, 5) is 17.0. The summed E-state index contributed by atoms with van der Waals surface area (Å²) in [7, 11) is 0. The largest absolute Gasteiger partial charge is 0.573 e. The zero-order chi connectivity index (χ0) is 22.6. The van der Waals surface area contributed by atoms with E-state index in [1.165, 1.54) is 18.2 Å². The molecule has 2 heterocycles. The third kappa shape index (κ3) is 4.12. The first-order chi connectivity index (χ1) is 14.4. The number of fused-ring (bicyclic) bond motifs is 4. The van der Waals surface area contributed by atoms with Crippen LogP contribution in [0.2, 0.25) is 0 Å². The Balaban J connectivity index is 1.68. The molecule has 1 amide bonds. The zero-order valence-electron chi connectivity index (χ0n) is 17.6. The quantitative estimate of drug-likeness (QED) is 0.735. The van der Waals surface area contributed by atoms with Gasteiger partial charge in [0.1, 0.15) is 29.7 Å². The topological polar surface area (TPSA) is 95.2 Å². The smallest absolute Gasteiger partial charge is 0.490 e. The number of carbonyl (C=O) groups is 1. The van der Waals surface area contributed by atoms with E-state index in [0.29, 0.717) is 24.2 Å². The van der Waals surface area contributed by atoms with Crippen molar-refractivity contribution in [2.24, 2.45) is 22.1 Å². The summed E-state index contributed by atoms with van der Waals surface area (Å²) in [6.07, 6.45) is -3.11. The molecule has 170 valence electrons. The molecule has 1 aromatic carbocycles. The van der Waals surface area contributed by atoms with E-state index in [2.05, 4.69) is 15.0 Å². The zero-order valence-corrected chi connectivity index (χ0v) is 17.6. The standard InChI is InChI=1S/C21H26F3N3O4/c1-19(2,3)17(28)26-11-4-6-15-13(8-11)20(10-29-18(25)27-20)14-9-12(31-21(22,23)24)5-7-16(14)30-15/h5,7,9,11,13,15H,4,6,8,10H2,1-3H3,(H2,25,27)(H,26,28)/t11-,13+,15+,20-/m1/s1. The summed E-state index contributed by atoms with van der Waals surface area (Å²) in [6.45, 7) is 5.61. The molecule has 4 rings (SSSR count). The first-order valence-corrected chi connectivity index (χ1v) is 10.2. The minimum Gasteiger partial charge on any atom is -0.490 e. The fourth-order valence-electron chi connectivity index (χ4n) is 4.60. The average Bonchev–Trinajstić information content (AvgIpc) is 3.03. The van der Waals surface area contributed by atoms with Crippen molar-refractivity contribution in [3.63, 3.8) is 0 Å². The lowest BCUT2D eigenvalue weighted by atomic mass is 9.67. The van der Waals surface area contributed by atoms with Gasteiger partial charge in [-0.3, -0.25) is 4.79 Å². The van der Waals surface area contributed by atoms with Crippen LogP contribution in [0.5, 0.6) is 11.5 Å². The molecule has 3 aliphatic rings. The summed E-state index contributed by atoms with van der Waals surface area (Å²) in [5.74, 6) is -0.216. The van der Waals surface area contributed by atoms with Crippen LogP contribution in [0.25, 0.3) is 0 Å². The predicted molar refractivity (Wildman–Crippen MR) is 106 cm³/mol. The molecular weight excluding hydrogens is 415 g/mol. The lowest BCUT2D eigenvalue weighted by Gasteiger charge is -2.48. The van der Waals surface area contributed by atoms with Gasteiger partial charge in [-0.05, 0) is 37.5 Å². The van der Waals surface area contributed by atoms with Crippen molar-refractivity contribution in [1.82, 2.24) is 5.32 Å². The van der Waals surface area contributed by atoms with Gasteiger partial charge in [-0.2, -0.15) is 0 Å². The van der Waals surface area contributed by atoms with E-state index in [1.807, 2.05) is 20.8 Å². The molecule has 3 N–H and O–H groups in total. The maximum Gasteiger partial charge on any atom is 0.573 e. The second-order valence-electron chi connectivity index (χ2n) is 9.36. The molecule has 1 spiro atoms. The average molecular weight is 441 g/mol. The second kappa shape index (κ2) is 7.20. The number of nitrogens with one attached hydrogen (secondary N) is 1. The molecule has 0 unspecified atom stereocenters. The Kier molecular flexibility index (Phi) is 5.01. The summed E-state index contributed by atoms with van der Waals surface area (Å²) in [6, 6.07) is 3.85. The summed E-state index contributed by atoms with van der Waals surface area (Å²) in [5.41, 5.74) is 4.74. The number of alkyl halides is 3. The van der Waals surface area contributed by atoms with Crippen molar-refractivity contribution in [3.8, 4) is 11.5 Å². The van der Waals surface area contributed by atoms with Crippen LogP contribution in [0, 0.1) is 11.3 Å². The number of ether oxygens (including phenoxy) is 3. The highest BCUT2D eigenvalue weighted by atomic mass is 19.4. The number of amides is 1. The van der Waals surface area contributed by atoms with Crippen LogP contribution in [-0.2, 0) is 15.1 Å². The molecule has 1 aromatic rings. The van der Waals surface area contributed by atoms with Gasteiger partial charge < -0.3 is 25.3 Å². The van der Waals surface area contributed by atoms with E-state index in [-0.39, 0.29) is 42.3 Å². The van der Waals surface area contributed by atoms with Crippen LogP contribution in [0.3, 0.4) is 0 Å². The van der Waals surface area contributed by atoms with E-state index in [0.717, 1.165) is 6.42 Å². The van der Waals surface area contributed by atoms with Crippen molar-refractivity contribution < 1.29 is 32.2 Å². The number of halogens is 3. The molecule has 0 radical (unpaired) electrons. The highest BCUT2D eigenvalue weighted by Crippen LogP contribution is 2.53. The van der Waals surface area contributed by atoms with Gasteiger partial charge in [0.25, 0.3) is 6.02 Å². The van der Waals surface area contributed by atoms with Crippen LogP contribution in [0.4, 0.5) is 13.2 Å². The number of aliphatic imine (C=N–C) groups is 1. The highest BCUT2D eigenvalue weighted by molar-refractivity contribution is 5.81. The Morgan fingerprint density at radius 1 is 1.29 bits per heavy atom. The minimum absolute atomic E-state index is 0.0189. The molecule has 1 saturated carbocycles. The number of rotatable bonds is 2. The first kappa shape index (κ1) is 21.6. The highest BCUT2D eigenvalue weighted by Gasteiger charge is 2.56. The van der Waals surface area contributed by atoms with E-state index < -0.39 is 17.3 Å². The fourth-order valence-corrected chi connectivity index (χ4v) is 4.60. The van der Waals surface area contributed by atoms with Gasteiger partial charge in [-0.25, -0.2) is 4.99 Å². The SMILES string of the molecule is CC(C)(C)C(=O)N[C@@H]1CC[C@@H]2Oc3ccc(OC(F)(F)F)cc3[C@@]3(COC(N)=N3)[C@H]2C1. The number of hydrogen-bond donors (Lipinski definition) is 2. The van der Waals surface area contributed by atoms with Crippen LogP contribution in [0.15, 0.2) is 23.2 Å². The lowest BCUT2D eigenvalue weighted by Crippen LogP contribution is -2.55. The molecular formula is C21H26F3N3O4. The Hall–Kier alpha value is -2.65. The van der Waals surface area contributed by atoms with Gasteiger partial charge in [0.2, 0.25) is 5.91 Å². The van der Waals surface area contributed by atoms with Gasteiger partial charge in [-0.15, -0.1) is 13.2 Å². The molecule has 4 atom stereocenters. The molecule has 0 bridgehead atoms. The number of amidine groups is 1. The van der Waals surface area contributed by atoms with E-state index in [1.54, 1.807) is 0 Å². The maximum absolute atomic E-state index is 12.8. The van der Waals surface area contributed by atoms with E-state index in [9.17, 15) is 18.0 Å². The van der Waals surface area contributed by atoms with E-state index in [4.69, 9.17) is 15.2 Å². The number of nitrogens with zero attached hydrogens (tertiary/aromatic N) is 1. The Labute approximate surface area is 178 Å². The summed E-state index contributed by atoms with van der Waals surface area (Å²) in [5, 5.41) is 3.09. The third-order valence-electron chi connectivity index (χ3n) is 6.10. The van der Waals surface area contributed by atoms with Crippen molar-refractivity contribution in [3.05, 3.63) is 23.8 Å². The van der Waals surface area contributed by atoms with Crippen molar-refractivity contribution in [2.45, 2.75) is 64.1 Å². The number of carbonyl (C=O) groups excluding carboxylic acids is 1. The molecule has 1 aliphatic carbocycles. The lowest BCUT2D eigenvalue weighted by molar-refractivity contribution is -0.274. The molecule has 0 aromatic heterocycles. The summed E-state index contributed by atoms with van der Waals surface area (Å²) >= 11 is 0. The number of nitrogens with two attached hydrogens (primary N) is 1. The predicted octanol–water partition coefficient (Wildman–Crippen LogP) is 3.22. The molecule has 2 aliphatic heterocycles. The van der Waals surface area contributed by atoms with Crippen molar-refractivity contribution in [1.29, 1.82) is 0 Å². The van der Waals surface area contributed by atoms with Gasteiger partial charge in [-0.1, -0.05) is 20.8 Å². The van der Waals surface area contributed by atoms with Crippen molar-refractivity contribution >= 4 is 11.9 Å². The van der Waals surface area contributed by atoms with Crippen LogP contribution in [-0.4, -0.2) is 37.0 Å². The van der Waals surface area contributed by atoms with Gasteiger partial charge in [0, 0.05) is 22.9 Å². The molecule has 0 saturated heterocycles. The first-order valence-electron chi connectivity index (χ1n) is 10.2. The van der Waals surface area contributed by atoms with Crippen LogP contribution in [0.1, 0.15) is 45.6 Å². The van der Waals surface area contributed by atoms with Crippen LogP contribution >= 0.6 is 0 Å². The maximum atomic E-state index is 12.8. The Morgan fingerprint density at radius 2 is 2.03 bits per heavy atom. The monoisotopic (exact) mass is 441 g/mol. The minimum atomic E-state index is -4.82. The normalized spacial score (nSPS) is 29.9. The Morgan fingerprint density at radius 3 is 2.65 bits per heavy atom. The second-order valence-corrected chi connectivity index (χ2v) is 9.36. The van der Waals surface area contributed by atoms with Gasteiger partial charge >= 0.3 is 6.36 Å². The molecule has 1 fully saturated rings. The molecule has 7 nitrogen and oxygen atoms in total. The molecule has 31 heavy (non-hydrogen) atoms. The third-order valence-corrected chi connectivity index (χ3v) is 6.10. The van der Waals surface area contributed by atoms with E-state index >= 15 is 0 Å². The molecule has 10 heteroatoms. The van der Waals surface area contributed by atoms with Crippen molar-refractivity contribution in [2.75, 3.05) is 6.61 Å². The van der Waals surface area contributed by atoms with Gasteiger partial charge in [0.15, 0.2) is 0 Å². The van der Waals surface area contributed by atoms with Crippen LogP contribution < -0.4 is 20.5 Å². The Bertz CT molecular complexity index is 912. The number of hydrogen-bond acceptors (Lipinski definition) is 6. The fraction of sp³-hybridized carbons (Fsp3) is 0.619. The van der Waals surface area contributed by atoms with Gasteiger partial charge in [0.05, 0.1) is 0 Å². The summed E-state index contributed by atoms with van der Waals surface area (Å²) < 4.78 is 54.1. The number of benzene rings is 1.